The van der Waals surface area contributed by atoms with Crippen molar-refractivity contribution >= 4 is 0 Å². The second kappa shape index (κ2) is 7.43. The summed E-state index contributed by atoms with van der Waals surface area (Å²) in [6.45, 7) is 16.2. The van der Waals surface area contributed by atoms with Gasteiger partial charge < -0.3 is 9.80 Å². The maximum atomic E-state index is 2.64. The predicted octanol–water partition coefficient (Wildman–Crippen LogP) is 0.261. The van der Waals surface area contributed by atoms with Crippen molar-refractivity contribution in [2.75, 3.05) is 79.0 Å². The summed E-state index contributed by atoms with van der Waals surface area (Å²) in [5.74, 6) is 0. The molecule has 0 aromatic rings. The van der Waals surface area contributed by atoms with Crippen molar-refractivity contribution in [1.82, 2.24) is 19.6 Å². The molecule has 2 rings (SSSR count). The fourth-order valence-corrected chi connectivity index (χ4v) is 2.91. The van der Waals surface area contributed by atoms with Crippen LogP contribution in [0.5, 0.6) is 0 Å². The highest BCUT2D eigenvalue weighted by Crippen LogP contribution is 2.04. The van der Waals surface area contributed by atoms with Crippen LogP contribution >= 0.6 is 0 Å². The molecule has 2 aliphatic heterocycles. The van der Waals surface area contributed by atoms with Crippen molar-refractivity contribution in [2.45, 2.75) is 13.3 Å². The quantitative estimate of drug-likeness (QED) is 0.698. The Morgan fingerprint density at radius 3 is 1.44 bits per heavy atom. The molecule has 4 nitrogen and oxygen atoms in total. The molecule has 0 radical (unpaired) electrons. The van der Waals surface area contributed by atoms with Gasteiger partial charge in [-0.2, -0.15) is 0 Å². The third kappa shape index (κ3) is 4.50. The summed E-state index contributed by atoms with van der Waals surface area (Å²) in [7, 11) is 2.23. The van der Waals surface area contributed by atoms with E-state index < -0.39 is 0 Å². The number of piperazine rings is 2. The second-order valence-corrected chi connectivity index (χ2v) is 5.83. The molecule has 0 saturated carbocycles. The summed E-state index contributed by atoms with van der Waals surface area (Å²) >= 11 is 0. The zero-order valence-corrected chi connectivity index (χ0v) is 12.3. The molecule has 0 unspecified atom stereocenters. The maximum absolute atomic E-state index is 2.64. The molecule has 4 heteroatoms. The lowest BCUT2D eigenvalue weighted by Crippen LogP contribution is -2.50. The van der Waals surface area contributed by atoms with Gasteiger partial charge >= 0.3 is 0 Å². The third-order valence-corrected chi connectivity index (χ3v) is 4.33. The van der Waals surface area contributed by atoms with Crippen LogP contribution in [0.4, 0.5) is 0 Å². The van der Waals surface area contributed by atoms with Crippen molar-refractivity contribution in [2.24, 2.45) is 0 Å². The smallest absolute Gasteiger partial charge is 0.0110 e. The highest BCUT2D eigenvalue weighted by Gasteiger charge is 2.18. The second-order valence-electron chi connectivity index (χ2n) is 5.83. The van der Waals surface area contributed by atoms with E-state index in [1.54, 1.807) is 0 Å². The molecule has 0 bridgehead atoms. The first-order chi connectivity index (χ1) is 8.78. The predicted molar refractivity (Wildman–Crippen MR) is 77.1 cm³/mol. The topological polar surface area (TPSA) is 13.0 Å². The summed E-state index contributed by atoms with van der Waals surface area (Å²) in [5, 5.41) is 0. The van der Waals surface area contributed by atoms with E-state index in [4.69, 9.17) is 0 Å². The van der Waals surface area contributed by atoms with Crippen molar-refractivity contribution in [3.63, 3.8) is 0 Å². The number of hydrogen-bond donors (Lipinski definition) is 0. The first-order valence-corrected chi connectivity index (χ1v) is 7.63. The number of hydrogen-bond acceptors (Lipinski definition) is 4. The van der Waals surface area contributed by atoms with Gasteiger partial charge in [0.2, 0.25) is 0 Å². The Bertz CT molecular complexity index is 218. The van der Waals surface area contributed by atoms with Gasteiger partial charge in [0.05, 0.1) is 0 Å². The molecule has 2 fully saturated rings. The Kier molecular flexibility index (Phi) is 5.89. The largest absolute Gasteiger partial charge is 0.304 e. The average Bonchev–Trinajstić information content (AvgIpc) is 2.40. The van der Waals surface area contributed by atoms with E-state index in [9.17, 15) is 0 Å². The maximum Gasteiger partial charge on any atom is 0.0110 e. The average molecular weight is 254 g/mol. The minimum Gasteiger partial charge on any atom is -0.304 e. The van der Waals surface area contributed by atoms with Gasteiger partial charge in [-0.3, -0.25) is 9.80 Å². The van der Waals surface area contributed by atoms with Gasteiger partial charge in [-0.05, 0) is 20.0 Å². The summed E-state index contributed by atoms with van der Waals surface area (Å²) in [5.41, 5.74) is 0. The lowest BCUT2D eigenvalue weighted by Gasteiger charge is -2.37. The van der Waals surface area contributed by atoms with Gasteiger partial charge in [0, 0.05) is 65.4 Å². The van der Waals surface area contributed by atoms with Crippen LogP contribution in [0.15, 0.2) is 0 Å². The molecule has 18 heavy (non-hydrogen) atoms. The summed E-state index contributed by atoms with van der Waals surface area (Å²) in [6.07, 6.45) is 1.29. The van der Waals surface area contributed by atoms with Gasteiger partial charge in [0.25, 0.3) is 0 Å². The van der Waals surface area contributed by atoms with Gasteiger partial charge in [-0.15, -0.1) is 0 Å². The van der Waals surface area contributed by atoms with Crippen LogP contribution in [-0.2, 0) is 0 Å². The highest BCUT2D eigenvalue weighted by molar-refractivity contribution is 4.75. The van der Waals surface area contributed by atoms with Crippen LogP contribution in [-0.4, -0.2) is 98.6 Å². The van der Waals surface area contributed by atoms with Crippen LogP contribution in [0.25, 0.3) is 0 Å². The molecular weight excluding hydrogens is 224 g/mol. The van der Waals surface area contributed by atoms with E-state index in [2.05, 4.69) is 33.6 Å². The minimum atomic E-state index is 1.24. The first-order valence-electron chi connectivity index (χ1n) is 7.63. The van der Waals surface area contributed by atoms with Crippen molar-refractivity contribution in [3.05, 3.63) is 0 Å². The molecule has 0 amide bonds. The zero-order chi connectivity index (χ0) is 12.8. The van der Waals surface area contributed by atoms with Crippen LogP contribution in [0.2, 0.25) is 0 Å². The Morgan fingerprint density at radius 2 is 1.00 bits per heavy atom. The number of likely N-dealkylation sites (N-methyl/N-ethyl adjacent to an activating group) is 1. The Balaban J connectivity index is 1.57. The molecular formula is C14H30N4. The SMILES string of the molecule is CCCN1CCN(CCN2CCN(C)CC2)CC1. The van der Waals surface area contributed by atoms with Crippen LogP contribution < -0.4 is 0 Å². The van der Waals surface area contributed by atoms with Gasteiger partial charge in [-0.1, -0.05) is 6.92 Å². The summed E-state index contributed by atoms with van der Waals surface area (Å²) in [4.78, 5) is 10.3. The Labute approximate surface area is 113 Å². The molecule has 0 N–H and O–H groups in total. The molecule has 2 heterocycles. The molecule has 0 spiro atoms. The van der Waals surface area contributed by atoms with Crippen LogP contribution in [0.1, 0.15) is 13.3 Å². The zero-order valence-electron chi connectivity index (χ0n) is 12.3. The van der Waals surface area contributed by atoms with E-state index in [0.717, 1.165) is 0 Å². The summed E-state index contributed by atoms with van der Waals surface area (Å²) < 4.78 is 0. The van der Waals surface area contributed by atoms with E-state index >= 15 is 0 Å². The lowest BCUT2D eigenvalue weighted by molar-refractivity contribution is 0.102. The van der Waals surface area contributed by atoms with Crippen molar-refractivity contribution in [3.8, 4) is 0 Å². The lowest BCUT2D eigenvalue weighted by atomic mass is 10.2. The fourth-order valence-electron chi connectivity index (χ4n) is 2.91. The number of rotatable bonds is 5. The molecule has 106 valence electrons. The van der Waals surface area contributed by atoms with E-state index in [1.807, 2.05) is 0 Å². The molecule has 2 saturated heterocycles. The molecule has 2 aliphatic rings. The van der Waals surface area contributed by atoms with E-state index in [1.165, 1.54) is 78.4 Å². The van der Waals surface area contributed by atoms with Crippen LogP contribution in [0.3, 0.4) is 0 Å². The Morgan fingerprint density at radius 1 is 0.611 bits per heavy atom. The van der Waals surface area contributed by atoms with E-state index in [-0.39, 0.29) is 0 Å². The fraction of sp³-hybridized carbons (Fsp3) is 1.00. The minimum absolute atomic E-state index is 1.24. The van der Waals surface area contributed by atoms with Gasteiger partial charge in [0.1, 0.15) is 0 Å². The van der Waals surface area contributed by atoms with Crippen molar-refractivity contribution < 1.29 is 0 Å². The molecule has 0 aliphatic carbocycles. The molecule has 0 atom stereocenters. The van der Waals surface area contributed by atoms with Gasteiger partial charge in [-0.25, -0.2) is 0 Å². The molecule has 0 aromatic carbocycles. The summed E-state index contributed by atoms with van der Waals surface area (Å²) in [6, 6.07) is 0. The third-order valence-electron chi connectivity index (χ3n) is 4.33. The van der Waals surface area contributed by atoms with Gasteiger partial charge in [0.15, 0.2) is 0 Å². The highest BCUT2D eigenvalue weighted by atomic mass is 15.3. The number of nitrogens with zero attached hydrogens (tertiary/aromatic N) is 4. The Hall–Kier alpha value is -0.160. The van der Waals surface area contributed by atoms with Crippen LogP contribution in [0, 0.1) is 0 Å². The normalized spacial score (nSPS) is 25.7. The standard InChI is InChI=1S/C14H30N4/c1-3-4-16-9-11-18(12-10-16)14-13-17-7-5-15(2)6-8-17/h3-14H2,1-2H3. The monoisotopic (exact) mass is 254 g/mol. The van der Waals surface area contributed by atoms with Crippen molar-refractivity contribution in [1.29, 1.82) is 0 Å². The molecule has 0 aromatic heterocycles. The van der Waals surface area contributed by atoms with E-state index in [0.29, 0.717) is 0 Å². The first kappa shape index (κ1) is 14.3.